The van der Waals surface area contributed by atoms with Gasteiger partial charge < -0.3 is 19.5 Å². The van der Waals surface area contributed by atoms with E-state index in [1.165, 1.54) is 0 Å². The lowest BCUT2D eigenvalue weighted by atomic mass is 10.1. The fraction of sp³-hybridized carbons (Fsp3) is 0.158. The number of carbonyl (C=O) groups is 1. The van der Waals surface area contributed by atoms with Gasteiger partial charge in [0, 0.05) is 0 Å². The predicted octanol–water partition coefficient (Wildman–Crippen LogP) is 2.91. The molecule has 0 spiro atoms. The van der Waals surface area contributed by atoms with Crippen LogP contribution in [0.15, 0.2) is 48.2 Å². The number of benzene rings is 2. The van der Waals surface area contributed by atoms with Crippen LogP contribution >= 0.6 is 0 Å². The summed E-state index contributed by atoms with van der Waals surface area (Å²) in [6.07, 6.45) is 1.69. The summed E-state index contributed by atoms with van der Waals surface area (Å²) in [5.41, 5.74) is 2.19. The number of hydrogen-bond donors (Lipinski definition) is 3. The number of methoxy groups -OCH3 is 2. The fourth-order valence-corrected chi connectivity index (χ4v) is 2.45. The van der Waals surface area contributed by atoms with E-state index in [0.29, 0.717) is 23.8 Å². The van der Waals surface area contributed by atoms with Gasteiger partial charge in [-0.15, -0.1) is 0 Å². The lowest BCUT2D eigenvalue weighted by Crippen LogP contribution is -2.21. The van der Waals surface area contributed by atoms with Gasteiger partial charge in [-0.3, -0.25) is 10.7 Å². The van der Waals surface area contributed by atoms with E-state index in [0.717, 1.165) is 16.9 Å². The van der Waals surface area contributed by atoms with E-state index in [2.05, 4.69) is 10.6 Å². The maximum atomic E-state index is 11.2. The minimum Gasteiger partial charge on any atom is -0.497 e. The maximum absolute atomic E-state index is 11.2. The molecule has 1 aliphatic heterocycles. The lowest BCUT2D eigenvalue weighted by molar-refractivity contribution is 0.250. The quantitative estimate of drug-likeness (QED) is 0.744. The van der Waals surface area contributed by atoms with Crippen molar-refractivity contribution in [2.45, 2.75) is 6.61 Å². The molecule has 1 saturated heterocycles. The molecule has 1 fully saturated rings. The Morgan fingerprint density at radius 3 is 2.38 bits per heavy atom. The Kier molecular flexibility index (Phi) is 5.07. The Hall–Kier alpha value is -3.48. The zero-order chi connectivity index (χ0) is 18.5. The average molecular weight is 353 g/mol. The van der Waals surface area contributed by atoms with Crippen molar-refractivity contribution in [3.8, 4) is 17.2 Å². The molecular formula is C19H19N3O4. The summed E-state index contributed by atoms with van der Waals surface area (Å²) in [4.78, 5) is 11.2. The topological polar surface area (TPSA) is 92.7 Å². The Morgan fingerprint density at radius 2 is 1.77 bits per heavy atom. The molecule has 2 aromatic carbocycles. The number of nitrogens with one attached hydrogen (secondary N) is 3. The zero-order valence-corrected chi connectivity index (χ0v) is 14.5. The molecule has 0 aliphatic carbocycles. The molecule has 2 amide bonds. The average Bonchev–Trinajstić information content (AvgIpc) is 2.97. The van der Waals surface area contributed by atoms with Gasteiger partial charge >= 0.3 is 6.03 Å². The van der Waals surface area contributed by atoms with E-state index < -0.39 is 6.03 Å². The van der Waals surface area contributed by atoms with Crippen molar-refractivity contribution in [3.63, 3.8) is 0 Å². The first-order valence-electron chi connectivity index (χ1n) is 7.91. The highest BCUT2D eigenvalue weighted by Gasteiger charge is 2.19. The van der Waals surface area contributed by atoms with Crippen LogP contribution in [0.25, 0.3) is 6.08 Å². The molecule has 2 aromatic rings. The van der Waals surface area contributed by atoms with Crippen LogP contribution in [0, 0.1) is 5.41 Å². The van der Waals surface area contributed by atoms with Crippen molar-refractivity contribution in [1.82, 2.24) is 10.6 Å². The van der Waals surface area contributed by atoms with Crippen molar-refractivity contribution in [2.75, 3.05) is 14.2 Å². The van der Waals surface area contributed by atoms with Crippen LogP contribution in [0.4, 0.5) is 4.79 Å². The summed E-state index contributed by atoms with van der Waals surface area (Å²) in [5.74, 6) is 2.00. The van der Waals surface area contributed by atoms with Crippen LogP contribution in [0.3, 0.4) is 0 Å². The van der Waals surface area contributed by atoms with Gasteiger partial charge in [0.2, 0.25) is 0 Å². The molecule has 134 valence electrons. The van der Waals surface area contributed by atoms with Gasteiger partial charge in [0.05, 0.1) is 19.9 Å². The normalized spacial score (nSPS) is 14.8. The summed E-state index contributed by atoms with van der Waals surface area (Å²) in [6.45, 7) is 0.394. The number of hydrogen-bond acceptors (Lipinski definition) is 5. The second kappa shape index (κ2) is 7.60. The second-order valence-electron chi connectivity index (χ2n) is 5.56. The summed E-state index contributed by atoms with van der Waals surface area (Å²) < 4.78 is 16.4. The molecule has 0 saturated carbocycles. The maximum Gasteiger partial charge on any atom is 0.325 e. The van der Waals surface area contributed by atoms with Crippen LogP contribution in [0.5, 0.6) is 17.2 Å². The van der Waals surface area contributed by atoms with Crippen molar-refractivity contribution in [3.05, 3.63) is 59.3 Å². The Bertz CT molecular complexity index is 860. The Labute approximate surface area is 151 Å². The highest BCUT2D eigenvalue weighted by molar-refractivity contribution is 6.15. The van der Waals surface area contributed by atoms with Crippen molar-refractivity contribution in [1.29, 1.82) is 5.41 Å². The van der Waals surface area contributed by atoms with E-state index in [1.54, 1.807) is 32.4 Å². The van der Waals surface area contributed by atoms with Gasteiger partial charge in [-0.2, -0.15) is 0 Å². The van der Waals surface area contributed by atoms with Gasteiger partial charge in [0.25, 0.3) is 0 Å². The van der Waals surface area contributed by atoms with Gasteiger partial charge in [-0.25, -0.2) is 4.79 Å². The fourth-order valence-electron chi connectivity index (χ4n) is 2.45. The number of carbonyl (C=O) groups excluding carboxylic acids is 1. The van der Waals surface area contributed by atoms with Crippen molar-refractivity contribution < 1.29 is 19.0 Å². The Morgan fingerprint density at radius 1 is 1.00 bits per heavy atom. The molecule has 0 bridgehead atoms. The van der Waals surface area contributed by atoms with Crippen molar-refractivity contribution >= 4 is 17.9 Å². The van der Waals surface area contributed by atoms with Crippen LogP contribution in [-0.2, 0) is 6.61 Å². The van der Waals surface area contributed by atoms with Crippen LogP contribution in [-0.4, -0.2) is 26.1 Å². The van der Waals surface area contributed by atoms with Crippen molar-refractivity contribution in [2.24, 2.45) is 0 Å². The SMILES string of the molecule is COc1ccc(COc2ccc(C=C3NC(=O)NC3=N)cc2OC)cc1. The van der Waals surface area contributed by atoms with E-state index >= 15 is 0 Å². The third-order valence-electron chi connectivity index (χ3n) is 3.81. The highest BCUT2D eigenvalue weighted by Crippen LogP contribution is 2.30. The highest BCUT2D eigenvalue weighted by atomic mass is 16.5. The molecule has 26 heavy (non-hydrogen) atoms. The number of ether oxygens (including phenoxy) is 3. The molecule has 0 atom stereocenters. The van der Waals surface area contributed by atoms with E-state index in [4.69, 9.17) is 19.6 Å². The van der Waals surface area contributed by atoms with Crippen LogP contribution < -0.4 is 24.8 Å². The Balaban J connectivity index is 1.73. The first-order chi connectivity index (χ1) is 12.6. The summed E-state index contributed by atoms with van der Waals surface area (Å²) in [7, 11) is 3.19. The van der Waals surface area contributed by atoms with Gasteiger partial charge in [0.1, 0.15) is 12.4 Å². The van der Waals surface area contributed by atoms with E-state index in [9.17, 15) is 4.79 Å². The van der Waals surface area contributed by atoms with Crippen LogP contribution in [0.1, 0.15) is 11.1 Å². The number of rotatable bonds is 6. The van der Waals surface area contributed by atoms with Gasteiger partial charge in [0.15, 0.2) is 17.3 Å². The molecule has 0 aromatic heterocycles. The third kappa shape index (κ3) is 3.94. The third-order valence-corrected chi connectivity index (χ3v) is 3.81. The standard InChI is InChI=1S/C19H19N3O4/c1-24-14-6-3-12(4-7-14)11-26-16-8-5-13(10-17(16)25-2)9-15-18(20)22-19(23)21-15/h3-10H,11H2,1-2H3,(H3,20,21,22,23). The first kappa shape index (κ1) is 17.3. The molecule has 7 nitrogen and oxygen atoms in total. The number of amidine groups is 1. The molecule has 7 heteroatoms. The largest absolute Gasteiger partial charge is 0.497 e. The number of urea groups is 1. The minimum atomic E-state index is -0.410. The predicted molar refractivity (Wildman–Crippen MR) is 97.7 cm³/mol. The second-order valence-corrected chi connectivity index (χ2v) is 5.56. The van der Waals surface area contributed by atoms with Crippen LogP contribution in [0.2, 0.25) is 0 Å². The van der Waals surface area contributed by atoms with Gasteiger partial charge in [-0.1, -0.05) is 18.2 Å². The molecular weight excluding hydrogens is 334 g/mol. The lowest BCUT2D eigenvalue weighted by Gasteiger charge is -2.12. The number of amides is 2. The molecule has 0 radical (unpaired) electrons. The first-order valence-corrected chi connectivity index (χ1v) is 7.91. The minimum absolute atomic E-state index is 0.0359. The summed E-state index contributed by atoms with van der Waals surface area (Å²) in [6, 6.07) is 12.6. The summed E-state index contributed by atoms with van der Waals surface area (Å²) >= 11 is 0. The smallest absolute Gasteiger partial charge is 0.325 e. The molecule has 3 rings (SSSR count). The van der Waals surface area contributed by atoms with E-state index in [1.807, 2.05) is 30.3 Å². The van der Waals surface area contributed by atoms with E-state index in [-0.39, 0.29) is 5.84 Å². The molecule has 1 aliphatic rings. The van der Waals surface area contributed by atoms with Gasteiger partial charge in [-0.05, 0) is 41.5 Å². The molecule has 1 heterocycles. The monoisotopic (exact) mass is 353 g/mol. The summed E-state index contributed by atoms with van der Waals surface area (Å²) in [5, 5.41) is 12.6. The molecule has 0 unspecified atom stereocenters. The molecule has 3 N–H and O–H groups in total. The zero-order valence-electron chi connectivity index (χ0n) is 14.5.